The molecule has 0 spiro atoms. The van der Waals surface area contributed by atoms with Crippen LogP contribution in [0.2, 0.25) is 0 Å². The summed E-state index contributed by atoms with van der Waals surface area (Å²) in [6.45, 7) is 4.64. The molecule has 1 fully saturated rings. The molecule has 1 N–H and O–H groups in total. The summed E-state index contributed by atoms with van der Waals surface area (Å²) in [5, 5.41) is 3.41. The fraction of sp³-hybridized carbons (Fsp3) is 0.278. The van der Waals surface area contributed by atoms with Crippen LogP contribution in [0.15, 0.2) is 59.8 Å². The predicted octanol–water partition coefficient (Wildman–Crippen LogP) is 2.07. The summed E-state index contributed by atoms with van der Waals surface area (Å²) in [6, 6.07) is 12.4. The lowest BCUT2D eigenvalue weighted by molar-refractivity contribution is 0.485. The summed E-state index contributed by atoms with van der Waals surface area (Å²) in [4.78, 5) is 6.94. The quantitative estimate of drug-likeness (QED) is 0.778. The van der Waals surface area contributed by atoms with Crippen molar-refractivity contribution in [2.24, 2.45) is 0 Å². The Balaban J connectivity index is 1.88. The minimum Gasteiger partial charge on any atom is -0.366 e. The van der Waals surface area contributed by atoms with Crippen LogP contribution >= 0.6 is 0 Å². The van der Waals surface area contributed by atoms with Gasteiger partial charge in [0.25, 0.3) is 10.0 Å². The van der Waals surface area contributed by atoms with Crippen molar-refractivity contribution >= 4 is 26.7 Å². The molecule has 0 saturated carbocycles. The van der Waals surface area contributed by atoms with Crippen molar-refractivity contribution in [1.82, 2.24) is 14.3 Å². The number of benzene rings is 1. The van der Waals surface area contributed by atoms with E-state index in [9.17, 15) is 8.42 Å². The topological polar surface area (TPSA) is 67.2 Å². The lowest BCUT2D eigenvalue weighted by atomic mass is 10.2. The molecule has 0 radical (unpaired) electrons. The Hall–Kier alpha value is -2.38. The third kappa shape index (κ3) is 2.79. The second-order valence-electron chi connectivity index (χ2n) is 6.30. The van der Waals surface area contributed by atoms with E-state index in [0.29, 0.717) is 11.6 Å². The van der Waals surface area contributed by atoms with Crippen LogP contribution in [0, 0.1) is 0 Å². The molecule has 1 saturated heterocycles. The summed E-state index contributed by atoms with van der Waals surface area (Å²) >= 11 is 0. The Morgan fingerprint density at radius 2 is 1.96 bits per heavy atom. The number of fused-ring (bicyclic) bond motifs is 1. The molecule has 1 unspecified atom stereocenters. The van der Waals surface area contributed by atoms with Crippen molar-refractivity contribution in [2.45, 2.75) is 17.9 Å². The number of anilines is 1. The van der Waals surface area contributed by atoms with E-state index in [-0.39, 0.29) is 4.90 Å². The monoisotopic (exact) mass is 356 g/mol. The maximum atomic E-state index is 13.1. The van der Waals surface area contributed by atoms with Crippen molar-refractivity contribution in [3.63, 3.8) is 0 Å². The van der Waals surface area contributed by atoms with Gasteiger partial charge >= 0.3 is 0 Å². The molecule has 1 aromatic carbocycles. The predicted molar refractivity (Wildman–Crippen MR) is 98.4 cm³/mol. The van der Waals surface area contributed by atoms with Gasteiger partial charge in [-0.3, -0.25) is 4.98 Å². The molecule has 25 heavy (non-hydrogen) atoms. The molecule has 1 aliphatic heterocycles. The number of rotatable bonds is 3. The van der Waals surface area contributed by atoms with Crippen LogP contribution in [0.4, 0.5) is 5.69 Å². The number of hydrogen-bond acceptors (Lipinski definition) is 5. The van der Waals surface area contributed by atoms with Crippen molar-refractivity contribution in [3.8, 4) is 0 Å². The second-order valence-corrected chi connectivity index (χ2v) is 8.12. The van der Waals surface area contributed by atoms with Crippen LogP contribution in [0.5, 0.6) is 0 Å². The zero-order valence-corrected chi connectivity index (χ0v) is 14.8. The maximum Gasteiger partial charge on any atom is 0.268 e. The van der Waals surface area contributed by atoms with E-state index >= 15 is 0 Å². The highest BCUT2D eigenvalue weighted by Gasteiger charge is 2.25. The highest BCUT2D eigenvalue weighted by molar-refractivity contribution is 7.90. The minimum atomic E-state index is -3.66. The van der Waals surface area contributed by atoms with Gasteiger partial charge in [0, 0.05) is 38.1 Å². The molecule has 3 heterocycles. The maximum absolute atomic E-state index is 13.1. The fourth-order valence-corrected chi connectivity index (χ4v) is 4.67. The molecule has 2 aromatic heterocycles. The normalized spacial score (nSPS) is 18.6. The van der Waals surface area contributed by atoms with E-state index in [4.69, 9.17) is 0 Å². The van der Waals surface area contributed by atoms with Crippen molar-refractivity contribution in [3.05, 3.63) is 54.9 Å². The van der Waals surface area contributed by atoms with Crippen LogP contribution in [-0.2, 0) is 10.0 Å². The first-order chi connectivity index (χ1) is 12.1. The molecule has 0 aliphatic carbocycles. The Morgan fingerprint density at radius 3 is 2.72 bits per heavy atom. The largest absolute Gasteiger partial charge is 0.366 e. The van der Waals surface area contributed by atoms with Crippen LogP contribution in [0.1, 0.15) is 6.92 Å². The van der Waals surface area contributed by atoms with Crippen molar-refractivity contribution in [2.75, 3.05) is 24.5 Å². The molecule has 0 bridgehead atoms. The van der Waals surface area contributed by atoms with Gasteiger partial charge in [-0.2, -0.15) is 0 Å². The van der Waals surface area contributed by atoms with Gasteiger partial charge in [0.05, 0.1) is 16.1 Å². The van der Waals surface area contributed by atoms with Crippen LogP contribution in [0.3, 0.4) is 0 Å². The van der Waals surface area contributed by atoms with Gasteiger partial charge in [-0.15, -0.1) is 0 Å². The van der Waals surface area contributed by atoms with E-state index in [0.717, 1.165) is 30.8 Å². The second kappa shape index (κ2) is 6.16. The summed E-state index contributed by atoms with van der Waals surface area (Å²) in [5.74, 6) is 0. The fourth-order valence-electron chi connectivity index (χ4n) is 3.30. The smallest absolute Gasteiger partial charge is 0.268 e. The van der Waals surface area contributed by atoms with Gasteiger partial charge in [-0.25, -0.2) is 12.4 Å². The molecule has 1 atom stereocenters. The lowest BCUT2D eigenvalue weighted by Gasteiger charge is -2.32. The minimum absolute atomic E-state index is 0.274. The van der Waals surface area contributed by atoms with E-state index < -0.39 is 10.0 Å². The summed E-state index contributed by atoms with van der Waals surface area (Å²) in [7, 11) is -3.66. The number of piperazine rings is 1. The highest BCUT2D eigenvalue weighted by Crippen LogP contribution is 2.31. The summed E-state index contributed by atoms with van der Waals surface area (Å²) in [6.07, 6.45) is 3.41. The Labute approximate surface area is 147 Å². The number of nitrogens with one attached hydrogen (secondary N) is 1. The van der Waals surface area contributed by atoms with Crippen LogP contribution < -0.4 is 10.2 Å². The first-order valence-corrected chi connectivity index (χ1v) is 9.76. The standard InChI is InChI=1S/C18H20N4O2S/c1-14-12-21(11-10-19-14)17-13-22(16-8-5-9-20-18(16)17)25(23,24)15-6-3-2-4-7-15/h2-9,13-14,19H,10-12H2,1H3. The Morgan fingerprint density at radius 1 is 1.16 bits per heavy atom. The van der Waals surface area contributed by atoms with Crippen LogP contribution in [-0.4, -0.2) is 43.1 Å². The van der Waals surface area contributed by atoms with Gasteiger partial charge in [-0.1, -0.05) is 18.2 Å². The average molecular weight is 356 g/mol. The van der Waals surface area contributed by atoms with E-state index in [1.807, 2.05) is 6.07 Å². The van der Waals surface area contributed by atoms with Crippen molar-refractivity contribution < 1.29 is 8.42 Å². The average Bonchev–Trinajstić information content (AvgIpc) is 3.03. The molecule has 4 rings (SSSR count). The summed E-state index contributed by atoms with van der Waals surface area (Å²) < 4.78 is 27.6. The molecule has 6 nitrogen and oxygen atoms in total. The number of pyridine rings is 1. The van der Waals surface area contributed by atoms with E-state index in [2.05, 4.69) is 22.1 Å². The zero-order chi connectivity index (χ0) is 17.4. The molecule has 130 valence electrons. The molecular weight excluding hydrogens is 336 g/mol. The molecule has 3 aromatic rings. The molecule has 0 amide bonds. The molecular formula is C18H20N4O2S. The van der Waals surface area contributed by atoms with Gasteiger partial charge in [-0.05, 0) is 31.2 Å². The van der Waals surface area contributed by atoms with Gasteiger partial charge < -0.3 is 10.2 Å². The van der Waals surface area contributed by atoms with Crippen LogP contribution in [0.25, 0.3) is 11.0 Å². The third-order valence-electron chi connectivity index (χ3n) is 4.52. The number of nitrogens with zero attached hydrogens (tertiary/aromatic N) is 3. The Kier molecular flexibility index (Phi) is 3.97. The zero-order valence-electron chi connectivity index (χ0n) is 14.0. The first kappa shape index (κ1) is 16.1. The van der Waals surface area contributed by atoms with Gasteiger partial charge in [0.1, 0.15) is 5.52 Å². The SMILES string of the molecule is CC1CN(c2cn(S(=O)(=O)c3ccccc3)c3cccnc23)CCN1. The first-order valence-electron chi connectivity index (χ1n) is 8.32. The van der Waals surface area contributed by atoms with E-state index in [1.165, 1.54) is 3.97 Å². The Bertz CT molecular complexity index is 998. The van der Waals surface area contributed by atoms with Gasteiger partial charge in [0.2, 0.25) is 0 Å². The third-order valence-corrected chi connectivity index (χ3v) is 6.20. The van der Waals surface area contributed by atoms with Crippen molar-refractivity contribution in [1.29, 1.82) is 0 Å². The number of aromatic nitrogens is 2. The molecule has 7 heteroatoms. The number of hydrogen-bond donors (Lipinski definition) is 1. The van der Waals surface area contributed by atoms with Gasteiger partial charge in [0.15, 0.2) is 0 Å². The molecule has 1 aliphatic rings. The summed E-state index contributed by atoms with van der Waals surface area (Å²) in [5.41, 5.74) is 2.19. The lowest BCUT2D eigenvalue weighted by Crippen LogP contribution is -2.49. The highest BCUT2D eigenvalue weighted by atomic mass is 32.2. The van der Waals surface area contributed by atoms with E-state index in [1.54, 1.807) is 48.8 Å².